The van der Waals surface area contributed by atoms with Crippen LogP contribution >= 0.6 is 0 Å². The summed E-state index contributed by atoms with van der Waals surface area (Å²) >= 11 is 0. The third-order valence-corrected chi connectivity index (χ3v) is 1.84. The highest BCUT2D eigenvalue weighted by molar-refractivity contribution is 4.75. The van der Waals surface area contributed by atoms with Crippen LogP contribution in [0.2, 0.25) is 0 Å². The van der Waals surface area contributed by atoms with Crippen LogP contribution in [0.15, 0.2) is 0 Å². The Bertz CT molecular complexity index is 116. The molecule has 1 saturated heterocycles. The summed E-state index contributed by atoms with van der Waals surface area (Å²) in [6.45, 7) is 3.35. The number of ether oxygens (including phenoxy) is 2. The topological polar surface area (TPSA) is 58.9 Å². The van der Waals surface area contributed by atoms with E-state index in [0.29, 0.717) is 0 Å². The number of aliphatic hydroxyl groups excluding tert-OH is 2. The monoisotopic (exact) mass is 162 g/mol. The van der Waals surface area contributed by atoms with E-state index in [-0.39, 0.29) is 18.8 Å². The van der Waals surface area contributed by atoms with Crippen LogP contribution in [0.4, 0.5) is 0 Å². The van der Waals surface area contributed by atoms with Gasteiger partial charge in [-0.15, -0.1) is 0 Å². The molecule has 1 aliphatic rings. The molecule has 2 unspecified atom stereocenters. The molecule has 1 rings (SSSR count). The van der Waals surface area contributed by atoms with Gasteiger partial charge in [-0.1, -0.05) is 0 Å². The van der Waals surface area contributed by atoms with Gasteiger partial charge in [0.15, 0.2) is 6.29 Å². The summed E-state index contributed by atoms with van der Waals surface area (Å²) in [5.74, 6) is 0. The molecule has 0 aliphatic carbocycles. The SMILES string of the molecule is CC1OC(CO)OC(C)C1O. The van der Waals surface area contributed by atoms with Crippen LogP contribution in [-0.4, -0.2) is 41.4 Å². The van der Waals surface area contributed by atoms with Crippen LogP contribution in [0.3, 0.4) is 0 Å². The average molecular weight is 162 g/mol. The minimum Gasteiger partial charge on any atom is -0.391 e. The second kappa shape index (κ2) is 3.49. The standard InChI is InChI=1S/C7H14O4/c1-4-7(9)5(2)11-6(3-8)10-4/h4-9H,3H2,1-2H3. The summed E-state index contributed by atoms with van der Waals surface area (Å²) in [5.41, 5.74) is 0. The van der Waals surface area contributed by atoms with E-state index in [2.05, 4.69) is 0 Å². The minimum atomic E-state index is -0.599. The first-order chi connectivity index (χ1) is 5.15. The molecule has 4 nitrogen and oxygen atoms in total. The molecule has 0 aromatic carbocycles. The Balaban J connectivity index is 2.47. The van der Waals surface area contributed by atoms with Gasteiger partial charge in [0.25, 0.3) is 0 Å². The molecule has 0 spiro atoms. The summed E-state index contributed by atoms with van der Waals surface area (Å²) in [5, 5.41) is 18.0. The Labute approximate surface area is 65.7 Å². The zero-order chi connectivity index (χ0) is 8.43. The molecule has 66 valence electrons. The molecule has 1 fully saturated rings. The van der Waals surface area contributed by atoms with Gasteiger partial charge in [0, 0.05) is 0 Å². The normalized spacial score (nSPS) is 45.8. The number of hydrogen-bond acceptors (Lipinski definition) is 4. The Morgan fingerprint density at radius 2 is 1.64 bits per heavy atom. The summed E-state index contributed by atoms with van der Waals surface area (Å²) in [6, 6.07) is 0. The first-order valence-corrected chi connectivity index (χ1v) is 3.75. The highest BCUT2D eigenvalue weighted by atomic mass is 16.7. The maximum atomic E-state index is 9.33. The van der Waals surface area contributed by atoms with Crippen molar-refractivity contribution in [2.75, 3.05) is 6.61 Å². The van der Waals surface area contributed by atoms with Gasteiger partial charge in [-0.2, -0.15) is 0 Å². The van der Waals surface area contributed by atoms with Gasteiger partial charge in [-0.25, -0.2) is 0 Å². The number of rotatable bonds is 1. The third kappa shape index (κ3) is 1.90. The molecule has 0 amide bonds. The van der Waals surface area contributed by atoms with Crippen LogP contribution in [0.1, 0.15) is 13.8 Å². The van der Waals surface area contributed by atoms with Crippen LogP contribution < -0.4 is 0 Å². The number of hydrogen-bond donors (Lipinski definition) is 2. The lowest BCUT2D eigenvalue weighted by Crippen LogP contribution is -2.48. The van der Waals surface area contributed by atoms with Gasteiger partial charge < -0.3 is 19.7 Å². The molecule has 0 saturated carbocycles. The molecule has 4 heteroatoms. The van der Waals surface area contributed by atoms with Crippen molar-refractivity contribution in [1.82, 2.24) is 0 Å². The van der Waals surface area contributed by atoms with E-state index in [1.165, 1.54) is 0 Å². The highest BCUT2D eigenvalue weighted by Crippen LogP contribution is 2.17. The molecule has 0 bridgehead atoms. The second-order valence-electron chi connectivity index (χ2n) is 2.79. The van der Waals surface area contributed by atoms with Crippen molar-refractivity contribution in [3.05, 3.63) is 0 Å². The van der Waals surface area contributed by atoms with Crippen LogP contribution in [0.5, 0.6) is 0 Å². The molecule has 0 aromatic heterocycles. The summed E-state index contributed by atoms with van der Waals surface area (Å²) in [4.78, 5) is 0. The van der Waals surface area contributed by atoms with Gasteiger partial charge in [0.05, 0.1) is 18.8 Å². The molecule has 1 heterocycles. The minimum absolute atomic E-state index is 0.165. The summed E-state index contributed by atoms with van der Waals surface area (Å²) in [7, 11) is 0. The molecule has 11 heavy (non-hydrogen) atoms. The Hall–Kier alpha value is -0.160. The van der Waals surface area contributed by atoms with Gasteiger partial charge in [-0.3, -0.25) is 0 Å². The highest BCUT2D eigenvalue weighted by Gasteiger charge is 2.32. The van der Waals surface area contributed by atoms with Crippen molar-refractivity contribution < 1.29 is 19.7 Å². The Morgan fingerprint density at radius 1 is 1.18 bits per heavy atom. The maximum absolute atomic E-state index is 9.33. The molecule has 2 atom stereocenters. The molecule has 1 aliphatic heterocycles. The molecular weight excluding hydrogens is 148 g/mol. The third-order valence-electron chi connectivity index (χ3n) is 1.84. The van der Waals surface area contributed by atoms with Crippen LogP contribution in [0, 0.1) is 0 Å². The maximum Gasteiger partial charge on any atom is 0.181 e. The quantitative estimate of drug-likeness (QED) is 0.545. The fraction of sp³-hybridized carbons (Fsp3) is 1.00. The van der Waals surface area contributed by atoms with Crippen molar-refractivity contribution in [3.63, 3.8) is 0 Å². The fourth-order valence-corrected chi connectivity index (χ4v) is 1.14. The Morgan fingerprint density at radius 3 is 2.00 bits per heavy atom. The van der Waals surface area contributed by atoms with E-state index in [1.54, 1.807) is 13.8 Å². The van der Waals surface area contributed by atoms with E-state index in [4.69, 9.17) is 14.6 Å². The van der Waals surface area contributed by atoms with E-state index >= 15 is 0 Å². The van der Waals surface area contributed by atoms with Gasteiger partial charge >= 0.3 is 0 Å². The molecule has 0 aromatic rings. The van der Waals surface area contributed by atoms with Crippen LogP contribution in [-0.2, 0) is 9.47 Å². The summed E-state index contributed by atoms with van der Waals surface area (Å²) in [6.07, 6.45) is -1.71. The lowest BCUT2D eigenvalue weighted by atomic mass is 10.1. The number of aliphatic hydroxyl groups is 2. The molecular formula is C7H14O4. The smallest absolute Gasteiger partial charge is 0.181 e. The largest absolute Gasteiger partial charge is 0.391 e. The van der Waals surface area contributed by atoms with Crippen molar-refractivity contribution >= 4 is 0 Å². The van der Waals surface area contributed by atoms with Crippen molar-refractivity contribution in [2.45, 2.75) is 38.4 Å². The van der Waals surface area contributed by atoms with Crippen LogP contribution in [0.25, 0.3) is 0 Å². The first-order valence-electron chi connectivity index (χ1n) is 3.75. The summed E-state index contributed by atoms with van der Waals surface area (Å²) < 4.78 is 10.2. The molecule has 0 radical (unpaired) electrons. The Kier molecular flexibility index (Phi) is 2.84. The second-order valence-corrected chi connectivity index (χ2v) is 2.79. The van der Waals surface area contributed by atoms with E-state index < -0.39 is 12.4 Å². The van der Waals surface area contributed by atoms with Crippen molar-refractivity contribution in [2.24, 2.45) is 0 Å². The predicted molar refractivity (Wildman–Crippen MR) is 38.0 cm³/mol. The molecule has 2 N–H and O–H groups in total. The zero-order valence-corrected chi connectivity index (χ0v) is 6.73. The first kappa shape index (κ1) is 8.93. The van der Waals surface area contributed by atoms with E-state index in [0.717, 1.165) is 0 Å². The van der Waals surface area contributed by atoms with Gasteiger partial charge in [0.2, 0.25) is 0 Å². The van der Waals surface area contributed by atoms with Gasteiger partial charge in [-0.05, 0) is 13.8 Å². The van der Waals surface area contributed by atoms with E-state index in [9.17, 15) is 5.11 Å². The van der Waals surface area contributed by atoms with Crippen molar-refractivity contribution in [3.8, 4) is 0 Å². The average Bonchev–Trinajstić information content (AvgIpc) is 1.99. The van der Waals surface area contributed by atoms with E-state index in [1.807, 2.05) is 0 Å². The predicted octanol–water partition coefficient (Wildman–Crippen LogP) is -0.510. The lowest BCUT2D eigenvalue weighted by Gasteiger charge is -2.35. The fourth-order valence-electron chi connectivity index (χ4n) is 1.14. The lowest BCUT2D eigenvalue weighted by molar-refractivity contribution is -0.284. The van der Waals surface area contributed by atoms with Gasteiger partial charge in [0.1, 0.15) is 6.10 Å². The van der Waals surface area contributed by atoms with Crippen molar-refractivity contribution in [1.29, 1.82) is 0 Å². The zero-order valence-electron chi connectivity index (χ0n) is 6.73.